The van der Waals surface area contributed by atoms with E-state index in [1.165, 1.54) is 0 Å². The van der Waals surface area contributed by atoms with Gasteiger partial charge in [0.1, 0.15) is 0 Å². The van der Waals surface area contributed by atoms with Crippen molar-refractivity contribution in [3.05, 3.63) is 11.5 Å². The van der Waals surface area contributed by atoms with Gasteiger partial charge in [-0.1, -0.05) is 5.70 Å². The van der Waals surface area contributed by atoms with Gasteiger partial charge in [0.2, 0.25) is 0 Å². The number of rotatable bonds is 2. The van der Waals surface area contributed by atoms with Crippen LogP contribution in [0.4, 0.5) is 0 Å². The lowest BCUT2D eigenvalue weighted by molar-refractivity contribution is 0.398. The molecule has 0 spiro atoms. The van der Waals surface area contributed by atoms with Crippen LogP contribution >= 0.6 is 0 Å². The lowest BCUT2D eigenvalue weighted by Gasteiger charge is -2.30. The lowest BCUT2D eigenvalue weighted by atomic mass is 10.1. The van der Waals surface area contributed by atoms with Crippen molar-refractivity contribution in [2.45, 2.75) is 52.6 Å². The third-order valence-electron chi connectivity index (χ3n) is 1.31. The molecule has 78 valence electrons. The molecule has 3 heteroatoms. The monoisotopic (exact) mass is 200 g/mol. The maximum atomic E-state index is 3.45. The quantitative estimate of drug-likeness (QED) is 0.648. The summed E-state index contributed by atoms with van der Waals surface area (Å²) in [4.78, 5) is 0. The van der Waals surface area contributed by atoms with Crippen LogP contribution in [0, 0.1) is 0 Å². The summed E-state index contributed by atoms with van der Waals surface area (Å²) in [6.07, 6.45) is 0. The first-order valence-corrected chi connectivity index (χ1v) is 6.02. The summed E-state index contributed by atoms with van der Waals surface area (Å²) in [7, 11) is 1.07. The fourth-order valence-electron chi connectivity index (χ4n) is 0.984. The van der Waals surface area contributed by atoms with Crippen molar-refractivity contribution in [1.82, 2.24) is 10.6 Å². The zero-order chi connectivity index (χ0) is 10.7. The first-order chi connectivity index (χ1) is 5.64. The highest BCUT2D eigenvalue weighted by atomic mass is 28.1. The van der Waals surface area contributed by atoms with E-state index in [1.54, 1.807) is 0 Å². The van der Waals surface area contributed by atoms with Crippen LogP contribution in [0.5, 0.6) is 0 Å². The predicted molar refractivity (Wildman–Crippen MR) is 63.8 cm³/mol. The second-order valence-electron chi connectivity index (χ2n) is 5.45. The minimum Gasteiger partial charge on any atom is -0.368 e. The first kappa shape index (κ1) is 12.6. The third-order valence-corrected chi connectivity index (χ3v) is 1.89. The molecule has 0 saturated heterocycles. The summed E-state index contributed by atoms with van der Waals surface area (Å²) in [5.41, 5.74) is 2.47. The van der Waals surface area contributed by atoms with Crippen molar-refractivity contribution in [2.75, 3.05) is 0 Å². The molecular weight excluding hydrogens is 176 g/mol. The smallest absolute Gasteiger partial charge is 0.0903 e. The molecule has 0 fully saturated rings. The SMILES string of the molecule is CC(C)(C)NC(=C[SiH3])NC(C)(C)C. The van der Waals surface area contributed by atoms with Gasteiger partial charge in [-0.25, -0.2) is 0 Å². The van der Waals surface area contributed by atoms with E-state index < -0.39 is 0 Å². The van der Waals surface area contributed by atoms with Crippen LogP contribution < -0.4 is 10.6 Å². The van der Waals surface area contributed by atoms with E-state index in [2.05, 4.69) is 57.9 Å². The van der Waals surface area contributed by atoms with Crippen LogP contribution in [-0.2, 0) is 0 Å². The van der Waals surface area contributed by atoms with E-state index in [0.717, 1.165) is 16.1 Å². The Morgan fingerprint density at radius 3 is 1.38 bits per heavy atom. The Kier molecular flexibility index (Phi) is 4.04. The van der Waals surface area contributed by atoms with Crippen molar-refractivity contribution in [2.24, 2.45) is 0 Å². The Morgan fingerprint density at radius 2 is 1.23 bits per heavy atom. The molecule has 0 aliphatic heterocycles. The standard InChI is InChI=1S/C10H24N2Si/c1-9(2,3)11-8(7-13)12-10(4,5)6/h7,11-12H,1-6,13H3. The van der Waals surface area contributed by atoms with Gasteiger partial charge in [0.25, 0.3) is 0 Å². The van der Waals surface area contributed by atoms with Crippen molar-refractivity contribution in [1.29, 1.82) is 0 Å². The van der Waals surface area contributed by atoms with Gasteiger partial charge >= 0.3 is 0 Å². The number of hydrogen-bond acceptors (Lipinski definition) is 2. The van der Waals surface area contributed by atoms with Gasteiger partial charge < -0.3 is 10.6 Å². The molecule has 0 bridgehead atoms. The molecule has 2 N–H and O–H groups in total. The highest BCUT2D eigenvalue weighted by molar-refractivity contribution is 6.17. The van der Waals surface area contributed by atoms with Gasteiger partial charge in [0.05, 0.1) is 5.82 Å². The molecule has 0 amide bonds. The van der Waals surface area contributed by atoms with E-state index >= 15 is 0 Å². The van der Waals surface area contributed by atoms with Gasteiger partial charge in [0.15, 0.2) is 0 Å². The maximum Gasteiger partial charge on any atom is 0.0903 e. The topological polar surface area (TPSA) is 24.1 Å². The molecule has 0 saturated carbocycles. The third kappa shape index (κ3) is 7.90. The van der Waals surface area contributed by atoms with Gasteiger partial charge in [0, 0.05) is 21.3 Å². The van der Waals surface area contributed by atoms with Gasteiger partial charge in [-0.15, -0.1) is 0 Å². The molecule has 0 atom stereocenters. The highest BCUT2D eigenvalue weighted by Crippen LogP contribution is 2.06. The van der Waals surface area contributed by atoms with E-state index in [9.17, 15) is 0 Å². The Hall–Kier alpha value is -0.443. The molecule has 0 unspecified atom stereocenters. The number of hydrogen-bond donors (Lipinski definition) is 2. The second-order valence-corrected chi connectivity index (χ2v) is 6.03. The number of nitrogens with one attached hydrogen (secondary N) is 2. The first-order valence-electron chi connectivity index (χ1n) is 4.87. The van der Waals surface area contributed by atoms with Crippen LogP contribution in [0.1, 0.15) is 41.5 Å². The Bertz CT molecular complexity index is 166. The average Bonchev–Trinajstić information content (AvgIpc) is 1.79. The molecule has 2 nitrogen and oxygen atoms in total. The molecule has 0 aromatic heterocycles. The zero-order valence-corrected chi connectivity index (χ0v) is 12.1. The molecule has 0 heterocycles. The summed E-state index contributed by atoms with van der Waals surface area (Å²) in [5.74, 6) is 1.16. The molecule has 0 aromatic rings. The Morgan fingerprint density at radius 1 is 0.923 bits per heavy atom. The highest BCUT2D eigenvalue weighted by Gasteiger charge is 2.15. The molecule has 0 aromatic carbocycles. The maximum absolute atomic E-state index is 3.45. The summed E-state index contributed by atoms with van der Waals surface area (Å²) < 4.78 is 0. The van der Waals surface area contributed by atoms with E-state index in [4.69, 9.17) is 0 Å². The Labute approximate surface area is 85.6 Å². The summed E-state index contributed by atoms with van der Waals surface area (Å²) in [5, 5.41) is 6.89. The second kappa shape index (κ2) is 4.18. The molecule has 13 heavy (non-hydrogen) atoms. The minimum absolute atomic E-state index is 0.133. The van der Waals surface area contributed by atoms with Crippen molar-refractivity contribution >= 4 is 10.2 Å². The molecule has 0 rings (SSSR count). The van der Waals surface area contributed by atoms with Crippen LogP contribution in [0.15, 0.2) is 11.5 Å². The van der Waals surface area contributed by atoms with E-state index in [1.807, 2.05) is 0 Å². The molecular formula is C10H24N2Si. The summed E-state index contributed by atoms with van der Waals surface area (Å²) >= 11 is 0. The largest absolute Gasteiger partial charge is 0.368 e. The van der Waals surface area contributed by atoms with Crippen molar-refractivity contribution < 1.29 is 0 Å². The zero-order valence-electron chi connectivity index (χ0n) is 10.1. The predicted octanol–water partition coefficient (Wildman–Crippen LogP) is 0.927. The minimum atomic E-state index is 0.133. The Balaban J connectivity index is 4.24. The van der Waals surface area contributed by atoms with Crippen LogP contribution in [-0.4, -0.2) is 21.3 Å². The summed E-state index contributed by atoms with van der Waals surface area (Å²) in [6, 6.07) is 0. The fourth-order valence-corrected chi connectivity index (χ4v) is 1.27. The summed E-state index contributed by atoms with van der Waals surface area (Å²) in [6.45, 7) is 13.0. The van der Waals surface area contributed by atoms with Gasteiger partial charge in [-0.3, -0.25) is 0 Å². The van der Waals surface area contributed by atoms with Crippen molar-refractivity contribution in [3.63, 3.8) is 0 Å². The van der Waals surface area contributed by atoms with Crippen LogP contribution in [0.25, 0.3) is 0 Å². The van der Waals surface area contributed by atoms with E-state index in [0.29, 0.717) is 0 Å². The molecule has 0 radical (unpaired) electrons. The van der Waals surface area contributed by atoms with Crippen molar-refractivity contribution in [3.8, 4) is 0 Å². The van der Waals surface area contributed by atoms with Crippen LogP contribution in [0.2, 0.25) is 0 Å². The van der Waals surface area contributed by atoms with Gasteiger partial charge in [-0.2, -0.15) is 0 Å². The van der Waals surface area contributed by atoms with E-state index in [-0.39, 0.29) is 11.1 Å². The van der Waals surface area contributed by atoms with Gasteiger partial charge in [-0.05, 0) is 41.5 Å². The fraction of sp³-hybridized carbons (Fsp3) is 0.800. The normalized spacial score (nSPS) is 12.5. The van der Waals surface area contributed by atoms with Crippen LogP contribution in [0.3, 0.4) is 0 Å². The average molecular weight is 200 g/mol. The molecule has 0 aliphatic carbocycles. The molecule has 0 aliphatic rings. The lowest BCUT2D eigenvalue weighted by Crippen LogP contribution is -2.46.